The Morgan fingerprint density at radius 3 is 2.52 bits per heavy atom. The molecule has 2 heterocycles. The van der Waals surface area contributed by atoms with Gasteiger partial charge in [-0.2, -0.15) is 0 Å². The van der Waals surface area contributed by atoms with Crippen LogP contribution in [0.3, 0.4) is 0 Å². The molecular weight excluding hydrogens is 295 g/mol. The van der Waals surface area contributed by atoms with E-state index in [0.717, 1.165) is 16.8 Å². The summed E-state index contributed by atoms with van der Waals surface area (Å²) in [6.07, 6.45) is 0.333. The molecule has 1 atom stereocenters. The zero-order valence-corrected chi connectivity index (χ0v) is 14.3. The summed E-state index contributed by atoms with van der Waals surface area (Å²) in [4.78, 5) is 11.5. The van der Waals surface area contributed by atoms with Gasteiger partial charge in [0.2, 0.25) is 0 Å². The maximum absolute atomic E-state index is 11.5. The minimum Gasteiger partial charge on any atom is -0.493 e. The van der Waals surface area contributed by atoms with Crippen LogP contribution in [-0.2, 0) is 18.8 Å². The second kappa shape index (κ2) is 5.53. The van der Waals surface area contributed by atoms with E-state index in [0.29, 0.717) is 13.0 Å². The Morgan fingerprint density at radius 1 is 1.26 bits per heavy atom. The van der Waals surface area contributed by atoms with Crippen LogP contribution in [0.5, 0.6) is 5.75 Å². The molecule has 0 spiro atoms. The molecule has 0 radical (unpaired) electrons. The van der Waals surface area contributed by atoms with Gasteiger partial charge in [0, 0.05) is 11.5 Å². The average Bonchev–Trinajstić information content (AvgIpc) is 2.97. The van der Waals surface area contributed by atoms with Gasteiger partial charge >= 0.3 is 13.1 Å². The standard InChI is InChI=1S/C17H23BO5/c1-16(2)17(3,4)23-18(22-16)12-6-7-13-11(8-15(19)20-5)10-21-14(13)9-12/h6-7,9,11H,8,10H2,1-5H3/t11-/m0/s1. The summed E-state index contributed by atoms with van der Waals surface area (Å²) >= 11 is 0. The van der Waals surface area contributed by atoms with Crippen molar-refractivity contribution in [2.45, 2.75) is 51.2 Å². The largest absolute Gasteiger partial charge is 0.494 e. The fourth-order valence-electron chi connectivity index (χ4n) is 2.87. The Kier molecular flexibility index (Phi) is 3.93. The molecule has 1 aromatic carbocycles. The first kappa shape index (κ1) is 16.3. The highest BCUT2D eigenvalue weighted by atomic mass is 16.7. The Labute approximate surface area is 137 Å². The van der Waals surface area contributed by atoms with Crippen molar-refractivity contribution in [2.24, 2.45) is 0 Å². The Bertz CT molecular complexity index is 609. The second-order valence-electron chi connectivity index (χ2n) is 7.17. The van der Waals surface area contributed by atoms with E-state index in [9.17, 15) is 4.79 Å². The first-order valence-corrected chi connectivity index (χ1v) is 7.92. The van der Waals surface area contributed by atoms with Crippen LogP contribution in [0.1, 0.15) is 45.6 Å². The minimum absolute atomic E-state index is 0.0461. The number of hydrogen-bond donors (Lipinski definition) is 0. The Morgan fingerprint density at radius 2 is 1.91 bits per heavy atom. The van der Waals surface area contributed by atoms with E-state index in [1.54, 1.807) is 0 Å². The summed E-state index contributed by atoms with van der Waals surface area (Å²) in [5, 5.41) is 0. The molecule has 0 saturated carbocycles. The van der Waals surface area contributed by atoms with E-state index < -0.39 is 7.12 Å². The van der Waals surface area contributed by atoms with Crippen LogP contribution in [0.2, 0.25) is 0 Å². The van der Waals surface area contributed by atoms with E-state index in [1.165, 1.54) is 7.11 Å². The van der Waals surface area contributed by atoms with Crippen molar-refractivity contribution >= 4 is 18.6 Å². The van der Waals surface area contributed by atoms with Gasteiger partial charge in [-0.1, -0.05) is 12.1 Å². The summed E-state index contributed by atoms with van der Waals surface area (Å²) in [6.45, 7) is 8.62. The molecular formula is C17H23BO5. The number of carbonyl (C=O) groups is 1. The third-order valence-corrected chi connectivity index (χ3v) is 5.08. The van der Waals surface area contributed by atoms with Gasteiger partial charge in [-0.25, -0.2) is 0 Å². The van der Waals surface area contributed by atoms with Crippen LogP contribution in [-0.4, -0.2) is 38.0 Å². The molecule has 124 valence electrons. The van der Waals surface area contributed by atoms with E-state index >= 15 is 0 Å². The van der Waals surface area contributed by atoms with E-state index in [4.69, 9.17) is 18.8 Å². The molecule has 1 aromatic rings. The van der Waals surface area contributed by atoms with E-state index in [-0.39, 0.29) is 23.1 Å². The lowest BCUT2D eigenvalue weighted by atomic mass is 9.78. The van der Waals surface area contributed by atoms with Gasteiger partial charge in [-0.05, 0) is 39.2 Å². The quantitative estimate of drug-likeness (QED) is 0.630. The lowest BCUT2D eigenvalue weighted by molar-refractivity contribution is -0.141. The SMILES string of the molecule is COC(=O)C[C@H]1COc2cc(B3OC(C)(C)C(C)(C)O3)ccc21. The third kappa shape index (κ3) is 2.86. The normalized spacial score (nSPS) is 24.2. The summed E-state index contributed by atoms with van der Waals surface area (Å²) in [5.74, 6) is 0.623. The molecule has 2 aliphatic heterocycles. The van der Waals surface area contributed by atoms with Crippen LogP contribution >= 0.6 is 0 Å². The molecule has 5 nitrogen and oxygen atoms in total. The number of esters is 1. The predicted octanol–water partition coefficient (Wildman–Crippen LogP) is 2.02. The molecule has 1 saturated heterocycles. The van der Waals surface area contributed by atoms with Crippen molar-refractivity contribution in [3.05, 3.63) is 23.8 Å². The zero-order valence-electron chi connectivity index (χ0n) is 14.3. The zero-order chi connectivity index (χ0) is 16.8. The van der Waals surface area contributed by atoms with Crippen LogP contribution in [0.25, 0.3) is 0 Å². The first-order valence-electron chi connectivity index (χ1n) is 7.92. The smallest absolute Gasteiger partial charge is 0.493 e. The summed E-state index contributed by atoms with van der Waals surface area (Å²) in [7, 11) is 0.994. The second-order valence-corrected chi connectivity index (χ2v) is 7.17. The highest BCUT2D eigenvalue weighted by molar-refractivity contribution is 6.62. The first-order chi connectivity index (χ1) is 10.7. The number of hydrogen-bond acceptors (Lipinski definition) is 5. The molecule has 2 aliphatic rings. The molecule has 0 aliphatic carbocycles. The number of benzene rings is 1. The summed E-state index contributed by atoms with van der Waals surface area (Å²) in [6, 6.07) is 5.94. The average molecular weight is 318 g/mol. The molecule has 0 N–H and O–H groups in total. The van der Waals surface area contributed by atoms with Gasteiger partial charge in [0.25, 0.3) is 0 Å². The van der Waals surface area contributed by atoms with Crippen molar-refractivity contribution in [3.8, 4) is 5.75 Å². The molecule has 1 fully saturated rings. The monoisotopic (exact) mass is 318 g/mol. The van der Waals surface area contributed by atoms with Crippen molar-refractivity contribution in [1.82, 2.24) is 0 Å². The van der Waals surface area contributed by atoms with Gasteiger partial charge in [0.05, 0.1) is 31.3 Å². The van der Waals surface area contributed by atoms with E-state index in [1.807, 2.05) is 45.9 Å². The maximum Gasteiger partial charge on any atom is 0.494 e. The van der Waals surface area contributed by atoms with Crippen LogP contribution in [0.4, 0.5) is 0 Å². The Balaban J connectivity index is 1.80. The van der Waals surface area contributed by atoms with Crippen LogP contribution in [0, 0.1) is 0 Å². The third-order valence-electron chi connectivity index (χ3n) is 5.08. The summed E-state index contributed by atoms with van der Waals surface area (Å²) < 4.78 is 22.6. The molecule has 0 bridgehead atoms. The highest BCUT2D eigenvalue weighted by Gasteiger charge is 2.51. The fourth-order valence-corrected chi connectivity index (χ4v) is 2.87. The van der Waals surface area contributed by atoms with Gasteiger partial charge in [0.1, 0.15) is 5.75 Å². The van der Waals surface area contributed by atoms with Gasteiger partial charge in [-0.15, -0.1) is 0 Å². The molecule has 6 heteroatoms. The van der Waals surface area contributed by atoms with Crippen molar-refractivity contribution in [1.29, 1.82) is 0 Å². The molecule has 3 rings (SSSR count). The Hall–Kier alpha value is -1.53. The lowest BCUT2D eigenvalue weighted by Gasteiger charge is -2.32. The number of fused-ring (bicyclic) bond motifs is 1. The van der Waals surface area contributed by atoms with Gasteiger partial charge < -0.3 is 18.8 Å². The topological polar surface area (TPSA) is 54.0 Å². The summed E-state index contributed by atoms with van der Waals surface area (Å²) in [5.41, 5.74) is 1.23. The van der Waals surface area contributed by atoms with Crippen molar-refractivity contribution < 1.29 is 23.6 Å². The maximum atomic E-state index is 11.5. The predicted molar refractivity (Wildman–Crippen MR) is 87.0 cm³/mol. The minimum atomic E-state index is -0.409. The highest BCUT2D eigenvalue weighted by Crippen LogP contribution is 2.38. The lowest BCUT2D eigenvalue weighted by Crippen LogP contribution is -2.41. The number of carbonyl (C=O) groups excluding carboxylic acids is 1. The number of rotatable bonds is 3. The number of ether oxygens (including phenoxy) is 2. The van der Waals surface area contributed by atoms with Crippen LogP contribution in [0.15, 0.2) is 18.2 Å². The molecule has 0 amide bonds. The molecule has 23 heavy (non-hydrogen) atoms. The van der Waals surface area contributed by atoms with Crippen molar-refractivity contribution in [3.63, 3.8) is 0 Å². The van der Waals surface area contributed by atoms with Gasteiger partial charge in [0.15, 0.2) is 0 Å². The van der Waals surface area contributed by atoms with Gasteiger partial charge in [-0.3, -0.25) is 4.79 Å². The number of methoxy groups -OCH3 is 1. The van der Waals surface area contributed by atoms with Crippen molar-refractivity contribution in [2.75, 3.05) is 13.7 Å². The fraction of sp³-hybridized carbons (Fsp3) is 0.588. The van der Waals surface area contributed by atoms with Crippen LogP contribution < -0.4 is 10.2 Å². The molecule has 0 aromatic heterocycles. The molecule has 0 unspecified atom stereocenters. The van der Waals surface area contributed by atoms with E-state index in [2.05, 4.69) is 0 Å².